The number of para-hydroxylation sites is 2. The number of aromatic nitrogens is 2. The first-order chi connectivity index (χ1) is 19.5. The Hall–Kier alpha value is -4.90. The second-order valence-corrected chi connectivity index (χ2v) is 9.32. The van der Waals surface area contributed by atoms with Crippen LogP contribution in [0, 0.1) is 0 Å². The lowest BCUT2D eigenvalue weighted by Gasteiger charge is -2.18. The number of hydrogen-bond acceptors (Lipinski definition) is 10. The van der Waals surface area contributed by atoms with Gasteiger partial charge in [0, 0.05) is 12.0 Å². The average Bonchev–Trinajstić information content (AvgIpc) is 3.68. The molecule has 11 nitrogen and oxygen atoms in total. The summed E-state index contributed by atoms with van der Waals surface area (Å²) in [6.07, 6.45) is -0.347. The first-order valence-electron chi connectivity index (χ1n) is 12.9. The van der Waals surface area contributed by atoms with Crippen molar-refractivity contribution in [2.75, 3.05) is 18.2 Å². The highest BCUT2D eigenvalue weighted by Crippen LogP contribution is 2.32. The normalized spacial score (nSPS) is 16.7. The van der Waals surface area contributed by atoms with Crippen LogP contribution in [0.3, 0.4) is 0 Å². The average molecular weight is 543 g/mol. The zero-order chi connectivity index (χ0) is 27.6. The van der Waals surface area contributed by atoms with E-state index >= 15 is 0 Å². The fraction of sp³-hybridized carbons (Fsp3) is 0.241. The van der Waals surface area contributed by atoms with Crippen LogP contribution >= 0.6 is 0 Å². The third-order valence-corrected chi connectivity index (χ3v) is 6.67. The number of imidazole rings is 1. The number of nitrogens with zero attached hydrogens (tertiary/aromatic N) is 3. The Labute approximate surface area is 229 Å². The Morgan fingerprint density at radius 1 is 1.05 bits per heavy atom. The molecule has 1 unspecified atom stereocenters. The highest BCUT2D eigenvalue weighted by atomic mass is 16.7. The molecule has 3 aromatic carbocycles. The molecular formula is C29H26N4O7. The Morgan fingerprint density at radius 3 is 2.60 bits per heavy atom. The Kier molecular flexibility index (Phi) is 6.79. The molecule has 0 radical (unpaired) electrons. The van der Waals surface area contributed by atoms with Gasteiger partial charge in [0.05, 0.1) is 41.9 Å². The molecule has 1 atom stereocenters. The number of carbonyl (C=O) groups is 3. The van der Waals surface area contributed by atoms with E-state index in [1.807, 2.05) is 66.1 Å². The van der Waals surface area contributed by atoms with E-state index in [-0.39, 0.29) is 24.9 Å². The van der Waals surface area contributed by atoms with E-state index in [9.17, 15) is 14.4 Å². The van der Waals surface area contributed by atoms with Crippen molar-refractivity contribution in [3.63, 3.8) is 0 Å². The van der Waals surface area contributed by atoms with E-state index in [0.29, 0.717) is 42.2 Å². The van der Waals surface area contributed by atoms with Gasteiger partial charge >= 0.3 is 17.9 Å². The second-order valence-electron chi connectivity index (χ2n) is 9.32. The number of ether oxygens (including phenoxy) is 3. The first kappa shape index (κ1) is 25.4. The number of hydrazine groups is 1. The van der Waals surface area contributed by atoms with Gasteiger partial charge in [-0.3, -0.25) is 14.4 Å². The van der Waals surface area contributed by atoms with Crippen LogP contribution in [0.15, 0.2) is 66.7 Å². The summed E-state index contributed by atoms with van der Waals surface area (Å²) in [7, 11) is 0. The monoisotopic (exact) mass is 542 g/mol. The predicted octanol–water partition coefficient (Wildman–Crippen LogP) is 3.75. The zero-order valence-corrected chi connectivity index (χ0v) is 21.7. The fourth-order valence-corrected chi connectivity index (χ4v) is 4.84. The van der Waals surface area contributed by atoms with Gasteiger partial charge in [-0.1, -0.05) is 54.1 Å². The molecule has 0 bridgehead atoms. The quantitative estimate of drug-likeness (QED) is 0.330. The molecule has 0 aliphatic carbocycles. The molecule has 4 aromatic rings. The minimum absolute atomic E-state index is 0.108. The predicted molar refractivity (Wildman–Crippen MR) is 143 cm³/mol. The number of rotatable bonds is 8. The molecule has 0 amide bonds. The summed E-state index contributed by atoms with van der Waals surface area (Å²) in [5.41, 5.74) is 7.76. The van der Waals surface area contributed by atoms with Crippen molar-refractivity contribution in [1.82, 2.24) is 15.1 Å². The van der Waals surface area contributed by atoms with E-state index in [4.69, 9.17) is 19.0 Å². The summed E-state index contributed by atoms with van der Waals surface area (Å²) in [4.78, 5) is 45.7. The summed E-state index contributed by atoms with van der Waals surface area (Å²) in [5.74, 6) is -1.33. The van der Waals surface area contributed by atoms with Crippen LogP contribution in [-0.2, 0) is 30.4 Å². The van der Waals surface area contributed by atoms with Crippen molar-refractivity contribution in [2.45, 2.75) is 32.6 Å². The summed E-state index contributed by atoms with van der Waals surface area (Å²) >= 11 is 0. The molecule has 1 aromatic heterocycles. The molecule has 1 N–H and O–H groups in total. The van der Waals surface area contributed by atoms with Gasteiger partial charge in [-0.2, -0.15) is 4.98 Å². The maximum absolute atomic E-state index is 13.1. The molecule has 2 saturated heterocycles. The van der Waals surface area contributed by atoms with Crippen molar-refractivity contribution < 1.29 is 33.4 Å². The largest absolute Gasteiger partial charge is 0.465 e. The van der Waals surface area contributed by atoms with Gasteiger partial charge < -0.3 is 19.0 Å². The van der Waals surface area contributed by atoms with Gasteiger partial charge in [0.25, 0.3) is 6.01 Å². The number of nitrogens with one attached hydrogen (secondary N) is 1. The first-order valence-corrected chi connectivity index (χ1v) is 12.9. The molecule has 11 heteroatoms. The Bertz CT molecular complexity index is 1600. The topological polar surface area (TPSA) is 121 Å². The van der Waals surface area contributed by atoms with Gasteiger partial charge in [0.15, 0.2) is 0 Å². The maximum atomic E-state index is 13.1. The molecule has 204 valence electrons. The van der Waals surface area contributed by atoms with Crippen LogP contribution in [0.1, 0.15) is 35.7 Å². The lowest BCUT2D eigenvalue weighted by molar-refractivity contribution is -0.154. The molecule has 40 heavy (non-hydrogen) atoms. The van der Waals surface area contributed by atoms with E-state index in [1.54, 1.807) is 17.1 Å². The molecule has 2 aliphatic heterocycles. The Balaban J connectivity index is 1.31. The van der Waals surface area contributed by atoms with Crippen molar-refractivity contribution in [2.24, 2.45) is 0 Å². The van der Waals surface area contributed by atoms with Crippen molar-refractivity contribution in [3.05, 3.63) is 77.9 Å². The fourth-order valence-electron chi connectivity index (χ4n) is 4.84. The number of benzene rings is 3. The molecular weight excluding hydrogens is 516 g/mol. The van der Waals surface area contributed by atoms with Gasteiger partial charge in [0.2, 0.25) is 6.29 Å². The number of esters is 2. The van der Waals surface area contributed by atoms with Crippen LogP contribution < -0.4 is 15.3 Å². The van der Waals surface area contributed by atoms with Crippen molar-refractivity contribution >= 4 is 34.6 Å². The number of carbonyl (C=O) groups excluding carboxylic acids is 3. The molecule has 0 saturated carbocycles. The van der Waals surface area contributed by atoms with Crippen LogP contribution in [0.4, 0.5) is 5.69 Å². The van der Waals surface area contributed by atoms with Gasteiger partial charge in [-0.25, -0.2) is 9.59 Å². The van der Waals surface area contributed by atoms with E-state index < -0.39 is 12.3 Å². The maximum Gasteiger partial charge on any atom is 0.347 e. The van der Waals surface area contributed by atoms with E-state index in [2.05, 4.69) is 10.6 Å². The highest BCUT2D eigenvalue weighted by Gasteiger charge is 2.29. The van der Waals surface area contributed by atoms with Gasteiger partial charge in [-0.15, -0.1) is 0 Å². The number of fused-ring (bicyclic) bond motifs is 1. The highest BCUT2D eigenvalue weighted by molar-refractivity contribution is 6.02. The number of anilines is 1. The lowest BCUT2D eigenvalue weighted by atomic mass is 10.0. The molecule has 3 heterocycles. The summed E-state index contributed by atoms with van der Waals surface area (Å²) < 4.78 is 18.2. The minimum atomic E-state index is -0.895. The van der Waals surface area contributed by atoms with Crippen LogP contribution in [0.5, 0.6) is 6.01 Å². The molecule has 2 aliphatic rings. The smallest absolute Gasteiger partial charge is 0.347 e. The zero-order valence-electron chi connectivity index (χ0n) is 21.7. The standard InChI is InChI=1S/C29H26N4O7/c1-2-37-29-30-22-8-5-7-21(28(36)39-26-15-14-24(34)38-26)27(22)32(29)16-18-10-12-19(13-11-18)20-6-3-4-9-23(20)33-17-25(35)40-31-33/h3-13,26,31H,2,14-17H2,1H3. The van der Waals surface area contributed by atoms with Crippen LogP contribution in [0.25, 0.3) is 22.2 Å². The van der Waals surface area contributed by atoms with Gasteiger partial charge in [0.1, 0.15) is 6.54 Å². The summed E-state index contributed by atoms with van der Waals surface area (Å²) in [5, 5.41) is 1.66. The van der Waals surface area contributed by atoms with Crippen LogP contribution in [0.2, 0.25) is 0 Å². The number of cyclic esters (lactones) is 1. The Morgan fingerprint density at radius 2 is 1.88 bits per heavy atom. The summed E-state index contributed by atoms with van der Waals surface area (Å²) in [6, 6.07) is 21.3. The number of hydrogen-bond donors (Lipinski definition) is 1. The molecule has 6 rings (SSSR count). The third kappa shape index (κ3) is 4.94. The van der Waals surface area contributed by atoms with Gasteiger partial charge in [-0.05, 0) is 36.2 Å². The molecule has 2 fully saturated rings. The lowest BCUT2D eigenvalue weighted by Crippen LogP contribution is -2.30. The minimum Gasteiger partial charge on any atom is -0.465 e. The van der Waals surface area contributed by atoms with E-state index in [1.165, 1.54) is 0 Å². The summed E-state index contributed by atoms with van der Waals surface area (Å²) in [6.45, 7) is 2.75. The second kappa shape index (κ2) is 10.7. The third-order valence-electron chi connectivity index (χ3n) is 6.67. The van der Waals surface area contributed by atoms with Crippen LogP contribution in [-0.4, -0.2) is 46.9 Å². The molecule has 0 spiro atoms. The SMILES string of the molecule is CCOc1nc2cccc(C(=O)OC3CCC(=O)O3)c2n1Cc1ccc(-c2ccccc2N2CC(=O)ON2)cc1. The van der Waals surface area contributed by atoms with Crippen molar-refractivity contribution in [1.29, 1.82) is 0 Å². The van der Waals surface area contributed by atoms with E-state index in [0.717, 1.165) is 22.4 Å². The van der Waals surface area contributed by atoms with Crippen molar-refractivity contribution in [3.8, 4) is 17.1 Å².